The van der Waals surface area contributed by atoms with E-state index in [2.05, 4.69) is 52.0 Å². The molecule has 0 spiro atoms. The first kappa shape index (κ1) is 19.0. The molecule has 1 heterocycles. The van der Waals surface area contributed by atoms with Crippen molar-refractivity contribution >= 4 is 16.8 Å². The van der Waals surface area contributed by atoms with E-state index in [0.29, 0.717) is 13.1 Å². The van der Waals surface area contributed by atoms with Gasteiger partial charge in [0.2, 0.25) is 0 Å². The second-order valence-corrected chi connectivity index (χ2v) is 7.20. The number of amides is 1. The average molecular weight is 385 g/mol. The maximum Gasteiger partial charge on any atom is 0.275 e. The summed E-state index contributed by atoms with van der Waals surface area (Å²) >= 11 is 0. The highest BCUT2D eigenvalue weighted by Gasteiger charge is 2.18. The van der Waals surface area contributed by atoms with Crippen molar-refractivity contribution in [2.45, 2.75) is 12.5 Å². The first-order chi connectivity index (χ1) is 14.3. The molecule has 4 rings (SSSR count). The number of carbonyl (C=O) groups excluding carboxylic acids is 1. The molecule has 0 aliphatic heterocycles. The van der Waals surface area contributed by atoms with Crippen LogP contribution in [-0.4, -0.2) is 24.0 Å². The molecule has 1 amide bonds. The zero-order valence-electron chi connectivity index (χ0n) is 16.3. The topological polar surface area (TPSA) is 61.5 Å². The monoisotopic (exact) mass is 384 g/mol. The minimum atomic E-state index is 0.0571. The van der Waals surface area contributed by atoms with Crippen molar-refractivity contribution in [1.29, 1.82) is 0 Å². The fourth-order valence-electron chi connectivity index (χ4n) is 3.76. The predicted octanol–water partition coefficient (Wildman–Crippen LogP) is 3.18. The summed E-state index contributed by atoms with van der Waals surface area (Å²) in [5.74, 6) is 0.0571. The number of aromatic nitrogens is 1. The first-order valence-electron chi connectivity index (χ1n) is 10.1. The van der Waals surface area contributed by atoms with Crippen LogP contribution in [0, 0.1) is 0 Å². The van der Waals surface area contributed by atoms with Crippen LogP contribution in [0.3, 0.4) is 0 Å². The van der Waals surface area contributed by atoms with Crippen LogP contribution < -0.4 is 10.6 Å². The van der Waals surface area contributed by atoms with E-state index in [0.717, 1.165) is 11.9 Å². The van der Waals surface area contributed by atoms with Crippen molar-refractivity contribution in [1.82, 2.24) is 10.3 Å². The van der Waals surface area contributed by atoms with Crippen LogP contribution in [0.1, 0.15) is 22.7 Å². The summed E-state index contributed by atoms with van der Waals surface area (Å²) in [4.78, 5) is 15.7. The highest BCUT2D eigenvalue weighted by Crippen LogP contribution is 2.18. The molecule has 4 N–H and O–H groups in total. The molecule has 0 fully saturated rings. The van der Waals surface area contributed by atoms with Gasteiger partial charge in [-0.05, 0) is 18.1 Å². The molecule has 0 saturated heterocycles. The van der Waals surface area contributed by atoms with E-state index in [-0.39, 0.29) is 11.9 Å². The third-order valence-corrected chi connectivity index (χ3v) is 5.25. The van der Waals surface area contributed by atoms with Gasteiger partial charge in [0.15, 0.2) is 6.54 Å². The van der Waals surface area contributed by atoms with E-state index in [9.17, 15) is 4.79 Å². The number of rotatable bonds is 8. The lowest BCUT2D eigenvalue weighted by Gasteiger charge is -2.16. The molecule has 0 radical (unpaired) electrons. The van der Waals surface area contributed by atoms with Gasteiger partial charge in [0.05, 0.1) is 0 Å². The number of nitrogens with two attached hydrogens (primary N) is 1. The number of carbonyl (C=O) groups is 1. The molecule has 0 aliphatic rings. The largest absolute Gasteiger partial charge is 0.361 e. The van der Waals surface area contributed by atoms with Crippen LogP contribution in [0.2, 0.25) is 0 Å². The molecule has 0 saturated carbocycles. The van der Waals surface area contributed by atoms with Crippen LogP contribution in [-0.2, 0) is 11.2 Å². The Morgan fingerprint density at radius 3 is 2.17 bits per heavy atom. The van der Waals surface area contributed by atoms with Gasteiger partial charge in [-0.15, -0.1) is 0 Å². The fraction of sp³-hybridized carbons (Fsp3) is 0.160. The molecule has 0 aliphatic carbocycles. The Balaban J connectivity index is 1.33. The highest BCUT2D eigenvalue weighted by molar-refractivity contribution is 5.83. The number of benzene rings is 3. The Bertz CT molecular complexity index is 1020. The Morgan fingerprint density at radius 2 is 1.48 bits per heavy atom. The third kappa shape index (κ3) is 4.73. The number of aromatic amines is 1. The SMILES string of the molecule is O=C(C[NH2+]C(c1ccccc1)c1ccccc1)NCCc1c[nH]c2ccccc12. The minimum Gasteiger partial charge on any atom is -0.361 e. The Labute approximate surface area is 171 Å². The molecule has 0 bridgehead atoms. The van der Waals surface area contributed by atoms with Gasteiger partial charge in [0.25, 0.3) is 5.91 Å². The normalized spacial score (nSPS) is 11.1. The number of H-pyrrole nitrogens is 1. The van der Waals surface area contributed by atoms with Crippen molar-refractivity contribution in [3.63, 3.8) is 0 Å². The molecule has 4 nitrogen and oxygen atoms in total. The lowest BCUT2D eigenvalue weighted by molar-refractivity contribution is -0.676. The Hall–Kier alpha value is -3.37. The molecule has 146 valence electrons. The number of para-hydroxylation sites is 1. The van der Waals surface area contributed by atoms with Crippen molar-refractivity contribution in [2.24, 2.45) is 0 Å². The van der Waals surface area contributed by atoms with Gasteiger partial charge in [-0.2, -0.15) is 0 Å². The average Bonchev–Trinajstić information content (AvgIpc) is 3.19. The fourth-order valence-corrected chi connectivity index (χ4v) is 3.76. The van der Waals surface area contributed by atoms with Crippen LogP contribution >= 0.6 is 0 Å². The molecule has 29 heavy (non-hydrogen) atoms. The quantitative estimate of drug-likeness (QED) is 0.429. The summed E-state index contributed by atoms with van der Waals surface area (Å²) in [7, 11) is 0. The maximum absolute atomic E-state index is 12.5. The molecule has 1 aromatic heterocycles. The van der Waals surface area contributed by atoms with Gasteiger partial charge in [0, 0.05) is 34.8 Å². The van der Waals surface area contributed by atoms with Gasteiger partial charge >= 0.3 is 0 Å². The molecule has 4 heteroatoms. The molecule has 4 aromatic rings. The molecular weight excluding hydrogens is 358 g/mol. The van der Waals surface area contributed by atoms with Gasteiger partial charge in [-0.3, -0.25) is 4.79 Å². The van der Waals surface area contributed by atoms with Crippen molar-refractivity contribution in [2.75, 3.05) is 13.1 Å². The summed E-state index contributed by atoms with van der Waals surface area (Å²) in [5, 5.41) is 6.39. The first-order valence-corrected chi connectivity index (χ1v) is 10.1. The van der Waals surface area contributed by atoms with Crippen LogP contribution in [0.4, 0.5) is 0 Å². The lowest BCUT2D eigenvalue weighted by Crippen LogP contribution is -2.87. The van der Waals surface area contributed by atoms with E-state index in [4.69, 9.17) is 0 Å². The van der Waals surface area contributed by atoms with E-state index in [1.54, 1.807) is 0 Å². The third-order valence-electron chi connectivity index (χ3n) is 5.25. The lowest BCUT2D eigenvalue weighted by atomic mass is 9.99. The van der Waals surface area contributed by atoms with Crippen molar-refractivity contribution < 1.29 is 10.1 Å². The van der Waals surface area contributed by atoms with Crippen LogP contribution in [0.5, 0.6) is 0 Å². The number of nitrogens with one attached hydrogen (secondary N) is 2. The van der Waals surface area contributed by atoms with Gasteiger partial charge < -0.3 is 15.6 Å². The summed E-state index contributed by atoms with van der Waals surface area (Å²) in [6.45, 7) is 1.03. The number of hydrogen-bond donors (Lipinski definition) is 3. The number of quaternary nitrogens is 1. The number of hydrogen-bond acceptors (Lipinski definition) is 1. The van der Waals surface area contributed by atoms with Gasteiger partial charge in [0.1, 0.15) is 6.04 Å². The standard InChI is InChI=1S/C25H25N3O/c29-24(26-16-15-21-17-27-23-14-8-7-13-22(21)23)18-28-25(19-9-3-1-4-10-19)20-11-5-2-6-12-20/h1-14,17,25,27-28H,15-16,18H2,(H,26,29)/p+1. The highest BCUT2D eigenvalue weighted by atomic mass is 16.1. The minimum absolute atomic E-state index is 0.0571. The Kier molecular flexibility index (Phi) is 6.03. The predicted molar refractivity (Wildman–Crippen MR) is 117 cm³/mol. The maximum atomic E-state index is 12.5. The van der Waals surface area contributed by atoms with E-state index < -0.39 is 0 Å². The summed E-state index contributed by atoms with van der Waals surface area (Å²) in [6, 6.07) is 29.0. The van der Waals surface area contributed by atoms with E-state index in [1.165, 1.54) is 22.1 Å². The number of fused-ring (bicyclic) bond motifs is 1. The molecular formula is C25H26N3O+. The summed E-state index contributed by atoms with van der Waals surface area (Å²) in [5.41, 5.74) is 4.77. The summed E-state index contributed by atoms with van der Waals surface area (Å²) in [6.07, 6.45) is 2.85. The van der Waals surface area contributed by atoms with Gasteiger partial charge in [-0.1, -0.05) is 78.9 Å². The zero-order valence-corrected chi connectivity index (χ0v) is 16.3. The van der Waals surface area contributed by atoms with Gasteiger partial charge in [-0.25, -0.2) is 0 Å². The molecule has 0 unspecified atom stereocenters. The molecule has 3 aromatic carbocycles. The van der Waals surface area contributed by atoms with E-state index in [1.807, 2.05) is 54.7 Å². The summed E-state index contributed by atoms with van der Waals surface area (Å²) < 4.78 is 0. The van der Waals surface area contributed by atoms with Crippen molar-refractivity contribution in [3.8, 4) is 0 Å². The van der Waals surface area contributed by atoms with Crippen LogP contribution in [0.15, 0.2) is 91.1 Å². The van der Waals surface area contributed by atoms with Crippen molar-refractivity contribution in [3.05, 3.63) is 108 Å². The molecule has 0 atom stereocenters. The second-order valence-electron chi connectivity index (χ2n) is 7.20. The van der Waals surface area contributed by atoms with Crippen LogP contribution in [0.25, 0.3) is 10.9 Å². The zero-order chi connectivity index (χ0) is 19.9. The van der Waals surface area contributed by atoms with E-state index >= 15 is 0 Å². The smallest absolute Gasteiger partial charge is 0.275 e. The Morgan fingerprint density at radius 1 is 0.862 bits per heavy atom. The second kappa shape index (κ2) is 9.22.